The predicted molar refractivity (Wildman–Crippen MR) is 56.0 cm³/mol. The molecule has 14 heavy (non-hydrogen) atoms. The van der Waals surface area contributed by atoms with E-state index in [2.05, 4.69) is 24.3 Å². The van der Waals surface area contributed by atoms with E-state index >= 15 is 0 Å². The highest BCUT2D eigenvalue weighted by Crippen LogP contribution is 2.20. The van der Waals surface area contributed by atoms with Crippen LogP contribution in [0.2, 0.25) is 0 Å². The lowest BCUT2D eigenvalue weighted by Crippen LogP contribution is -2.35. The van der Waals surface area contributed by atoms with Crippen molar-refractivity contribution in [2.24, 2.45) is 5.73 Å². The minimum atomic E-state index is 0.236. The Balaban J connectivity index is 2.73. The fourth-order valence-electron chi connectivity index (χ4n) is 1.69. The van der Waals surface area contributed by atoms with Crippen LogP contribution in [0, 0.1) is 13.8 Å². The molecule has 2 unspecified atom stereocenters. The number of aromatic nitrogens is 1. The average molecular weight is 197 g/mol. The number of rotatable bonds is 4. The molecule has 2 atom stereocenters. The van der Waals surface area contributed by atoms with Crippen LogP contribution in [0.1, 0.15) is 36.9 Å². The Bertz CT molecular complexity index is 276. The molecule has 1 aromatic rings. The van der Waals surface area contributed by atoms with Crippen LogP contribution in [-0.4, -0.2) is 17.7 Å². The van der Waals surface area contributed by atoms with Crippen molar-refractivity contribution in [1.29, 1.82) is 0 Å². The second-order valence-corrected chi connectivity index (χ2v) is 3.76. The lowest BCUT2D eigenvalue weighted by Gasteiger charge is -2.18. The molecule has 0 saturated carbocycles. The maximum absolute atomic E-state index is 5.55. The summed E-state index contributed by atoms with van der Waals surface area (Å²) in [7, 11) is 0. The Morgan fingerprint density at radius 1 is 1.43 bits per heavy atom. The normalized spacial score (nSPS) is 15.5. The minimum absolute atomic E-state index is 0.236. The Labute approximate surface area is 84.8 Å². The second kappa shape index (κ2) is 4.57. The molecular weight excluding hydrogens is 178 g/mol. The maximum atomic E-state index is 5.55. The largest absolute Gasteiger partial charge is 0.361 e. The first-order valence-electron chi connectivity index (χ1n) is 4.95. The summed E-state index contributed by atoms with van der Waals surface area (Å²) in [6.45, 7) is 8.68. The highest BCUT2D eigenvalue weighted by molar-refractivity contribution is 5.24. The zero-order valence-corrected chi connectivity index (χ0v) is 9.29. The van der Waals surface area contributed by atoms with Gasteiger partial charge in [0.05, 0.1) is 5.69 Å². The molecule has 4 heteroatoms. The first-order chi connectivity index (χ1) is 6.56. The fourth-order valence-corrected chi connectivity index (χ4v) is 1.69. The number of hydrogen-bond donors (Lipinski definition) is 2. The van der Waals surface area contributed by atoms with Gasteiger partial charge in [-0.1, -0.05) is 5.16 Å². The highest BCUT2D eigenvalue weighted by Gasteiger charge is 2.17. The number of nitrogens with two attached hydrogens (primary N) is 1. The molecule has 0 radical (unpaired) electrons. The smallest absolute Gasteiger partial charge is 0.138 e. The Kier molecular flexibility index (Phi) is 3.66. The van der Waals surface area contributed by atoms with E-state index in [0.717, 1.165) is 17.0 Å². The van der Waals surface area contributed by atoms with Gasteiger partial charge in [0, 0.05) is 24.2 Å². The summed E-state index contributed by atoms with van der Waals surface area (Å²) >= 11 is 0. The summed E-state index contributed by atoms with van der Waals surface area (Å²) < 4.78 is 5.11. The molecule has 80 valence electrons. The number of aryl methyl sites for hydroxylation is 2. The van der Waals surface area contributed by atoms with Crippen molar-refractivity contribution in [2.75, 3.05) is 6.54 Å². The van der Waals surface area contributed by atoms with Gasteiger partial charge in [0.15, 0.2) is 0 Å². The summed E-state index contributed by atoms with van der Waals surface area (Å²) in [6, 6.07) is 0.540. The molecule has 0 spiro atoms. The van der Waals surface area contributed by atoms with Crippen LogP contribution in [-0.2, 0) is 0 Å². The molecule has 0 aliphatic heterocycles. The van der Waals surface area contributed by atoms with Crippen LogP contribution in [0.5, 0.6) is 0 Å². The van der Waals surface area contributed by atoms with E-state index in [1.807, 2.05) is 13.8 Å². The molecular formula is C10H19N3O. The van der Waals surface area contributed by atoms with E-state index in [4.69, 9.17) is 10.3 Å². The van der Waals surface area contributed by atoms with Gasteiger partial charge in [-0.2, -0.15) is 0 Å². The number of nitrogens with one attached hydrogen (secondary N) is 1. The molecule has 0 amide bonds. The lowest BCUT2D eigenvalue weighted by atomic mass is 10.1. The third-order valence-electron chi connectivity index (χ3n) is 2.41. The lowest BCUT2D eigenvalue weighted by molar-refractivity contribution is 0.389. The van der Waals surface area contributed by atoms with Gasteiger partial charge in [-0.25, -0.2) is 0 Å². The molecule has 1 heterocycles. The topological polar surface area (TPSA) is 64.1 Å². The van der Waals surface area contributed by atoms with E-state index in [1.165, 1.54) is 0 Å². The molecule has 4 nitrogen and oxygen atoms in total. The fraction of sp³-hybridized carbons (Fsp3) is 0.700. The van der Waals surface area contributed by atoms with Crippen LogP contribution in [0.15, 0.2) is 4.52 Å². The average Bonchev–Trinajstić information content (AvgIpc) is 2.46. The van der Waals surface area contributed by atoms with E-state index in [9.17, 15) is 0 Å². The van der Waals surface area contributed by atoms with Crippen LogP contribution in [0.3, 0.4) is 0 Å². The molecule has 1 aromatic heterocycles. The Morgan fingerprint density at radius 3 is 2.50 bits per heavy atom. The van der Waals surface area contributed by atoms with Crippen molar-refractivity contribution in [3.05, 3.63) is 17.0 Å². The second-order valence-electron chi connectivity index (χ2n) is 3.76. The standard InChI is InChI=1S/C10H19N3O/c1-6(5-11)12-7(2)10-8(3)13-14-9(10)4/h6-7,12H,5,11H2,1-4H3. The zero-order chi connectivity index (χ0) is 10.7. The number of nitrogens with zero attached hydrogens (tertiary/aromatic N) is 1. The van der Waals surface area contributed by atoms with Crippen molar-refractivity contribution >= 4 is 0 Å². The van der Waals surface area contributed by atoms with Gasteiger partial charge in [-0.3, -0.25) is 0 Å². The molecule has 1 rings (SSSR count). The maximum Gasteiger partial charge on any atom is 0.138 e. The predicted octanol–water partition coefficient (Wildman–Crippen LogP) is 1.29. The molecule has 0 fully saturated rings. The first-order valence-corrected chi connectivity index (χ1v) is 4.95. The van der Waals surface area contributed by atoms with Crippen molar-refractivity contribution in [3.63, 3.8) is 0 Å². The SMILES string of the molecule is Cc1noc(C)c1C(C)NC(C)CN. The van der Waals surface area contributed by atoms with E-state index in [1.54, 1.807) is 0 Å². The van der Waals surface area contributed by atoms with E-state index < -0.39 is 0 Å². The number of hydrogen-bond acceptors (Lipinski definition) is 4. The molecule has 0 aromatic carbocycles. The third-order valence-corrected chi connectivity index (χ3v) is 2.41. The Morgan fingerprint density at radius 2 is 2.07 bits per heavy atom. The molecule has 0 bridgehead atoms. The Hall–Kier alpha value is -0.870. The van der Waals surface area contributed by atoms with Gasteiger partial charge >= 0.3 is 0 Å². The summed E-state index contributed by atoms with van der Waals surface area (Å²) in [5.41, 5.74) is 7.64. The summed E-state index contributed by atoms with van der Waals surface area (Å²) in [4.78, 5) is 0. The van der Waals surface area contributed by atoms with Crippen molar-refractivity contribution in [1.82, 2.24) is 10.5 Å². The monoisotopic (exact) mass is 197 g/mol. The molecule has 0 saturated heterocycles. The summed E-state index contributed by atoms with van der Waals surface area (Å²) in [5.74, 6) is 0.881. The molecule has 0 aliphatic rings. The van der Waals surface area contributed by atoms with Gasteiger partial charge < -0.3 is 15.6 Å². The van der Waals surface area contributed by atoms with Gasteiger partial charge in [-0.15, -0.1) is 0 Å². The molecule has 0 aliphatic carbocycles. The molecule has 3 N–H and O–H groups in total. The van der Waals surface area contributed by atoms with Crippen molar-refractivity contribution in [3.8, 4) is 0 Å². The highest BCUT2D eigenvalue weighted by atomic mass is 16.5. The quantitative estimate of drug-likeness (QED) is 0.763. The van der Waals surface area contributed by atoms with Crippen LogP contribution >= 0.6 is 0 Å². The third kappa shape index (κ3) is 2.33. The zero-order valence-electron chi connectivity index (χ0n) is 9.29. The van der Waals surface area contributed by atoms with Crippen molar-refractivity contribution < 1.29 is 4.52 Å². The summed E-state index contributed by atoms with van der Waals surface area (Å²) in [5, 5.41) is 7.31. The van der Waals surface area contributed by atoms with Crippen LogP contribution in [0.4, 0.5) is 0 Å². The van der Waals surface area contributed by atoms with Gasteiger partial charge in [0.25, 0.3) is 0 Å². The van der Waals surface area contributed by atoms with Crippen molar-refractivity contribution in [2.45, 2.75) is 39.8 Å². The van der Waals surface area contributed by atoms with Gasteiger partial charge in [0.2, 0.25) is 0 Å². The van der Waals surface area contributed by atoms with Gasteiger partial charge in [0.1, 0.15) is 5.76 Å². The van der Waals surface area contributed by atoms with E-state index in [0.29, 0.717) is 12.6 Å². The van der Waals surface area contributed by atoms with Gasteiger partial charge in [-0.05, 0) is 27.7 Å². The summed E-state index contributed by atoms with van der Waals surface area (Å²) in [6.07, 6.45) is 0. The van der Waals surface area contributed by atoms with Crippen LogP contribution in [0.25, 0.3) is 0 Å². The minimum Gasteiger partial charge on any atom is -0.361 e. The van der Waals surface area contributed by atoms with Crippen LogP contribution < -0.4 is 11.1 Å². The first kappa shape index (κ1) is 11.2. The van der Waals surface area contributed by atoms with E-state index in [-0.39, 0.29) is 6.04 Å².